The van der Waals surface area contributed by atoms with Crippen molar-refractivity contribution in [3.63, 3.8) is 0 Å². The molecule has 6 heteroatoms. The predicted molar refractivity (Wildman–Crippen MR) is 97.0 cm³/mol. The van der Waals surface area contributed by atoms with E-state index >= 15 is 0 Å². The number of hydrogen-bond acceptors (Lipinski definition) is 5. The van der Waals surface area contributed by atoms with Crippen molar-refractivity contribution in [1.82, 2.24) is 5.32 Å². The number of Topliss-reactive ketones (excluding diaryl/α,β-unsaturated/α-hetero) is 1. The molecule has 1 atom stereocenters. The second-order valence-electron chi connectivity index (χ2n) is 5.53. The van der Waals surface area contributed by atoms with E-state index in [9.17, 15) is 14.4 Å². The van der Waals surface area contributed by atoms with E-state index in [-0.39, 0.29) is 24.7 Å². The molecule has 0 saturated heterocycles. The summed E-state index contributed by atoms with van der Waals surface area (Å²) in [5.74, 6) is -0.973. The molecule has 1 N–H and O–H groups in total. The van der Waals surface area contributed by atoms with Crippen LogP contribution >= 0.6 is 11.3 Å². The van der Waals surface area contributed by atoms with Crippen LogP contribution in [0.4, 0.5) is 0 Å². The molecule has 0 fully saturated rings. The fourth-order valence-corrected chi connectivity index (χ4v) is 2.86. The molecule has 0 spiro atoms. The number of ketones is 1. The first-order valence-electron chi connectivity index (χ1n) is 8.15. The third-order valence-electron chi connectivity index (χ3n) is 3.68. The van der Waals surface area contributed by atoms with Gasteiger partial charge in [0.25, 0.3) is 5.91 Å². The number of carbonyl (C=O) groups is 3. The number of rotatable bonds is 8. The maximum Gasteiger partial charge on any atom is 0.308 e. The summed E-state index contributed by atoms with van der Waals surface area (Å²) >= 11 is 1.33. The smallest absolute Gasteiger partial charge is 0.308 e. The largest absolute Gasteiger partial charge is 0.454 e. The van der Waals surface area contributed by atoms with E-state index < -0.39 is 12.1 Å². The Balaban J connectivity index is 1.76. The molecule has 5 nitrogen and oxygen atoms in total. The molecule has 1 aromatic heterocycles. The molecule has 1 heterocycles. The van der Waals surface area contributed by atoms with E-state index in [0.717, 1.165) is 12.0 Å². The first-order valence-corrected chi connectivity index (χ1v) is 9.03. The van der Waals surface area contributed by atoms with Crippen molar-refractivity contribution < 1.29 is 19.1 Å². The minimum atomic E-state index is -0.854. The minimum Gasteiger partial charge on any atom is -0.454 e. The van der Waals surface area contributed by atoms with Gasteiger partial charge in [0, 0.05) is 12.1 Å². The lowest BCUT2D eigenvalue weighted by Gasteiger charge is -2.13. The average molecular weight is 359 g/mol. The first kappa shape index (κ1) is 18.9. The third-order valence-corrected chi connectivity index (χ3v) is 4.55. The van der Waals surface area contributed by atoms with Gasteiger partial charge in [-0.05, 0) is 30.4 Å². The van der Waals surface area contributed by atoms with E-state index in [2.05, 4.69) is 5.32 Å². The van der Waals surface area contributed by atoms with Gasteiger partial charge in [-0.15, -0.1) is 11.3 Å². The molecule has 25 heavy (non-hydrogen) atoms. The molecule has 0 aliphatic heterocycles. The van der Waals surface area contributed by atoms with Crippen molar-refractivity contribution in [3.8, 4) is 0 Å². The quantitative estimate of drug-likeness (QED) is 0.580. The molecule has 0 radical (unpaired) electrons. The van der Waals surface area contributed by atoms with Crippen molar-refractivity contribution in [3.05, 3.63) is 57.8 Å². The molecule has 0 aliphatic rings. The van der Waals surface area contributed by atoms with Crippen molar-refractivity contribution in [2.24, 2.45) is 0 Å². The summed E-state index contributed by atoms with van der Waals surface area (Å²) in [6.45, 7) is 3.76. The zero-order valence-corrected chi connectivity index (χ0v) is 15.1. The minimum absolute atomic E-state index is 0.0174. The van der Waals surface area contributed by atoms with Crippen LogP contribution in [0.1, 0.15) is 45.9 Å². The topological polar surface area (TPSA) is 72.5 Å². The number of nitrogens with one attached hydrogen (secondary N) is 1. The maximum absolute atomic E-state index is 12.3. The molecule has 1 aromatic carbocycles. The van der Waals surface area contributed by atoms with E-state index in [1.165, 1.54) is 11.3 Å². The first-order chi connectivity index (χ1) is 12.0. The van der Waals surface area contributed by atoms with E-state index in [0.29, 0.717) is 10.4 Å². The van der Waals surface area contributed by atoms with Crippen LogP contribution < -0.4 is 5.32 Å². The molecule has 2 aromatic rings. The van der Waals surface area contributed by atoms with Crippen LogP contribution in [0, 0.1) is 0 Å². The van der Waals surface area contributed by atoms with Crippen LogP contribution in [0.2, 0.25) is 0 Å². The highest BCUT2D eigenvalue weighted by Gasteiger charge is 2.19. The highest BCUT2D eigenvalue weighted by molar-refractivity contribution is 7.12. The lowest BCUT2D eigenvalue weighted by atomic mass is 10.0. The molecule has 132 valence electrons. The lowest BCUT2D eigenvalue weighted by Crippen LogP contribution is -2.29. The summed E-state index contributed by atoms with van der Waals surface area (Å²) in [6.07, 6.45) is 0.0627. The molecule has 2 rings (SSSR count). The summed E-state index contributed by atoms with van der Waals surface area (Å²) in [4.78, 5) is 36.4. The van der Waals surface area contributed by atoms with Gasteiger partial charge in [0.2, 0.25) is 5.78 Å². The van der Waals surface area contributed by atoms with Gasteiger partial charge in [-0.25, -0.2) is 0 Å². The fraction of sp³-hybridized carbons (Fsp3) is 0.316. The highest BCUT2D eigenvalue weighted by Crippen LogP contribution is 2.10. The Kier molecular flexibility index (Phi) is 6.89. The third kappa shape index (κ3) is 5.53. The van der Waals surface area contributed by atoms with Gasteiger partial charge in [-0.1, -0.05) is 37.3 Å². The van der Waals surface area contributed by atoms with Crippen molar-refractivity contribution in [2.75, 3.05) is 6.54 Å². The van der Waals surface area contributed by atoms with E-state index in [1.54, 1.807) is 31.2 Å². The van der Waals surface area contributed by atoms with Gasteiger partial charge in [-0.2, -0.15) is 0 Å². The lowest BCUT2D eigenvalue weighted by molar-refractivity contribution is -0.146. The predicted octanol–water partition coefficient (Wildman–Crippen LogP) is 3.25. The molecular formula is C19H21NO4S. The Hall–Kier alpha value is -2.47. The summed E-state index contributed by atoms with van der Waals surface area (Å²) in [5, 5.41) is 4.46. The number of benzene rings is 1. The molecule has 0 saturated carbocycles. The van der Waals surface area contributed by atoms with Gasteiger partial charge in [0.1, 0.15) is 0 Å². The Morgan fingerprint density at radius 2 is 1.88 bits per heavy atom. The number of aryl methyl sites for hydroxylation is 1. The van der Waals surface area contributed by atoms with Crippen LogP contribution in [-0.2, 0) is 16.0 Å². The summed E-state index contributed by atoms with van der Waals surface area (Å²) in [7, 11) is 0. The Morgan fingerprint density at radius 1 is 1.16 bits per heavy atom. The Bertz CT molecular complexity index is 722. The van der Waals surface area contributed by atoms with Gasteiger partial charge in [0.15, 0.2) is 6.10 Å². The Morgan fingerprint density at radius 3 is 2.48 bits per heavy atom. The number of amides is 1. The molecule has 1 unspecified atom stereocenters. The van der Waals surface area contributed by atoms with Crippen LogP contribution in [0.3, 0.4) is 0 Å². The van der Waals surface area contributed by atoms with Gasteiger partial charge in [0.05, 0.1) is 11.3 Å². The zero-order valence-electron chi connectivity index (χ0n) is 14.3. The average Bonchev–Trinajstić information content (AvgIpc) is 3.15. The molecule has 1 amide bonds. The van der Waals surface area contributed by atoms with E-state index in [4.69, 9.17) is 4.74 Å². The van der Waals surface area contributed by atoms with Crippen LogP contribution in [0.15, 0.2) is 41.8 Å². The number of hydrogen-bond donors (Lipinski definition) is 1. The number of carbonyl (C=O) groups excluding carboxylic acids is 3. The molecular weight excluding hydrogens is 338 g/mol. The summed E-state index contributed by atoms with van der Waals surface area (Å²) in [5.41, 5.74) is 1.66. The standard InChI is InChI=1S/C19H21NO4S/c1-3-14-6-8-15(9-7-14)18(22)13(2)24-17(21)10-11-20-19(23)16-5-4-12-25-16/h4-9,12-13H,3,10-11H2,1-2H3,(H,20,23). The van der Waals surface area contributed by atoms with Crippen LogP contribution in [-0.4, -0.2) is 30.3 Å². The van der Waals surface area contributed by atoms with Gasteiger partial charge >= 0.3 is 5.97 Å². The molecule has 0 aliphatic carbocycles. The SMILES string of the molecule is CCc1ccc(C(=O)C(C)OC(=O)CCNC(=O)c2cccs2)cc1. The molecule has 0 bridgehead atoms. The maximum atomic E-state index is 12.3. The number of ether oxygens (including phenoxy) is 1. The fourth-order valence-electron chi connectivity index (χ4n) is 2.22. The normalized spacial score (nSPS) is 11.6. The Labute approximate surface area is 151 Å². The second-order valence-corrected chi connectivity index (χ2v) is 6.48. The van der Waals surface area contributed by atoms with E-state index in [1.807, 2.05) is 24.4 Å². The van der Waals surface area contributed by atoms with Crippen LogP contribution in [0.5, 0.6) is 0 Å². The van der Waals surface area contributed by atoms with Crippen molar-refractivity contribution in [2.45, 2.75) is 32.8 Å². The monoisotopic (exact) mass is 359 g/mol. The number of esters is 1. The highest BCUT2D eigenvalue weighted by atomic mass is 32.1. The van der Waals surface area contributed by atoms with Gasteiger partial charge < -0.3 is 10.1 Å². The summed E-state index contributed by atoms with van der Waals surface area (Å²) in [6, 6.07) is 10.8. The second kappa shape index (κ2) is 9.13. The van der Waals surface area contributed by atoms with Crippen LogP contribution in [0.25, 0.3) is 0 Å². The van der Waals surface area contributed by atoms with Gasteiger partial charge in [-0.3, -0.25) is 14.4 Å². The van der Waals surface area contributed by atoms with Crippen molar-refractivity contribution >= 4 is 29.0 Å². The summed E-state index contributed by atoms with van der Waals surface area (Å²) < 4.78 is 5.16. The number of thiophene rings is 1. The zero-order chi connectivity index (χ0) is 18.2. The van der Waals surface area contributed by atoms with Crippen molar-refractivity contribution in [1.29, 1.82) is 0 Å².